The van der Waals surface area contributed by atoms with Crippen LogP contribution in [0.3, 0.4) is 0 Å². The molecule has 2 N–H and O–H groups in total. The third kappa shape index (κ3) is 2.72. The SMILES string of the molecule is CC(CN)CCn1cccn1. The number of hydrogen-bond donors (Lipinski definition) is 1. The van der Waals surface area contributed by atoms with E-state index >= 15 is 0 Å². The topological polar surface area (TPSA) is 43.8 Å². The highest BCUT2D eigenvalue weighted by atomic mass is 15.3. The van der Waals surface area contributed by atoms with Crippen LogP contribution in [0.1, 0.15) is 13.3 Å². The Bertz CT molecular complexity index is 181. The van der Waals surface area contributed by atoms with E-state index in [4.69, 9.17) is 5.73 Å². The van der Waals surface area contributed by atoms with Crippen molar-refractivity contribution in [1.82, 2.24) is 9.78 Å². The molecule has 3 heteroatoms. The van der Waals surface area contributed by atoms with Gasteiger partial charge >= 0.3 is 0 Å². The summed E-state index contributed by atoms with van der Waals surface area (Å²) in [7, 11) is 0. The minimum absolute atomic E-state index is 0.596. The monoisotopic (exact) mass is 153 g/mol. The van der Waals surface area contributed by atoms with E-state index in [9.17, 15) is 0 Å². The standard InChI is InChI=1S/C8H15N3/c1-8(7-9)3-6-11-5-2-4-10-11/h2,4-5,8H,3,6-7,9H2,1H3. The molecule has 0 radical (unpaired) electrons. The quantitative estimate of drug-likeness (QED) is 0.697. The van der Waals surface area contributed by atoms with Crippen molar-refractivity contribution >= 4 is 0 Å². The van der Waals surface area contributed by atoms with Crippen molar-refractivity contribution in [2.45, 2.75) is 19.9 Å². The van der Waals surface area contributed by atoms with E-state index in [1.807, 2.05) is 16.9 Å². The number of nitrogens with zero attached hydrogens (tertiary/aromatic N) is 2. The van der Waals surface area contributed by atoms with Gasteiger partial charge in [0.2, 0.25) is 0 Å². The van der Waals surface area contributed by atoms with Crippen LogP contribution in [0.5, 0.6) is 0 Å². The lowest BCUT2D eigenvalue weighted by atomic mass is 10.1. The van der Waals surface area contributed by atoms with E-state index in [0.29, 0.717) is 5.92 Å². The van der Waals surface area contributed by atoms with Gasteiger partial charge in [-0.2, -0.15) is 5.10 Å². The Morgan fingerprint density at radius 3 is 3.00 bits per heavy atom. The highest BCUT2D eigenvalue weighted by Gasteiger charge is 1.98. The van der Waals surface area contributed by atoms with Gasteiger partial charge in [-0.1, -0.05) is 6.92 Å². The highest BCUT2D eigenvalue weighted by molar-refractivity contribution is 4.77. The fraction of sp³-hybridized carbons (Fsp3) is 0.625. The zero-order chi connectivity index (χ0) is 8.10. The maximum Gasteiger partial charge on any atom is 0.0489 e. The molecule has 1 aromatic rings. The summed E-state index contributed by atoms with van der Waals surface area (Å²) in [5, 5.41) is 4.10. The summed E-state index contributed by atoms with van der Waals surface area (Å²) in [6.07, 6.45) is 4.88. The first-order valence-corrected chi connectivity index (χ1v) is 4.00. The van der Waals surface area contributed by atoms with Crippen molar-refractivity contribution in [3.8, 4) is 0 Å². The summed E-state index contributed by atoms with van der Waals surface area (Å²) in [5.74, 6) is 0.596. The molecule has 0 aliphatic carbocycles. The van der Waals surface area contributed by atoms with Gasteiger partial charge in [0.05, 0.1) is 0 Å². The molecule has 0 aromatic carbocycles. The maximum absolute atomic E-state index is 5.48. The molecule has 0 spiro atoms. The van der Waals surface area contributed by atoms with Crippen molar-refractivity contribution in [2.75, 3.05) is 6.54 Å². The average molecular weight is 153 g/mol. The summed E-state index contributed by atoms with van der Waals surface area (Å²) in [4.78, 5) is 0. The molecule has 1 heterocycles. The fourth-order valence-electron chi connectivity index (χ4n) is 0.903. The minimum Gasteiger partial charge on any atom is -0.330 e. The second-order valence-corrected chi connectivity index (χ2v) is 2.90. The van der Waals surface area contributed by atoms with Crippen LogP contribution in [-0.4, -0.2) is 16.3 Å². The third-order valence-electron chi connectivity index (χ3n) is 1.81. The van der Waals surface area contributed by atoms with Crippen molar-refractivity contribution in [3.05, 3.63) is 18.5 Å². The fourth-order valence-corrected chi connectivity index (χ4v) is 0.903. The summed E-state index contributed by atoms with van der Waals surface area (Å²) in [5.41, 5.74) is 5.48. The molecule has 3 nitrogen and oxygen atoms in total. The van der Waals surface area contributed by atoms with Crippen molar-refractivity contribution in [1.29, 1.82) is 0 Å². The molecule has 62 valence electrons. The lowest BCUT2D eigenvalue weighted by Gasteiger charge is -2.07. The van der Waals surface area contributed by atoms with E-state index in [2.05, 4.69) is 12.0 Å². The second kappa shape index (κ2) is 4.13. The smallest absolute Gasteiger partial charge is 0.0489 e. The molecule has 1 rings (SSSR count). The predicted molar refractivity (Wildman–Crippen MR) is 45.1 cm³/mol. The van der Waals surface area contributed by atoms with Gasteiger partial charge in [-0.05, 0) is 24.9 Å². The predicted octanol–water partition coefficient (Wildman–Crippen LogP) is 0.868. The number of nitrogens with two attached hydrogens (primary N) is 1. The first-order chi connectivity index (χ1) is 5.33. The van der Waals surface area contributed by atoms with Gasteiger partial charge in [0.1, 0.15) is 0 Å². The number of aromatic nitrogens is 2. The molecule has 1 unspecified atom stereocenters. The van der Waals surface area contributed by atoms with Crippen LogP contribution < -0.4 is 5.73 Å². The Kier molecular flexibility index (Phi) is 3.11. The largest absolute Gasteiger partial charge is 0.330 e. The Morgan fingerprint density at radius 2 is 2.45 bits per heavy atom. The molecule has 0 saturated heterocycles. The van der Waals surface area contributed by atoms with E-state index in [0.717, 1.165) is 19.5 Å². The number of aryl methyl sites for hydroxylation is 1. The molecule has 0 aliphatic rings. The molecule has 1 atom stereocenters. The van der Waals surface area contributed by atoms with E-state index < -0.39 is 0 Å². The van der Waals surface area contributed by atoms with Crippen LogP contribution in [-0.2, 0) is 6.54 Å². The van der Waals surface area contributed by atoms with Gasteiger partial charge < -0.3 is 5.73 Å². The summed E-state index contributed by atoms with van der Waals surface area (Å²) in [6, 6.07) is 1.94. The Labute approximate surface area is 67.2 Å². The zero-order valence-corrected chi connectivity index (χ0v) is 6.90. The molecular formula is C8H15N3. The summed E-state index contributed by atoms with van der Waals surface area (Å²) < 4.78 is 1.94. The highest BCUT2D eigenvalue weighted by Crippen LogP contribution is 2.00. The van der Waals surface area contributed by atoms with Crippen LogP contribution in [0, 0.1) is 5.92 Å². The molecular weight excluding hydrogens is 138 g/mol. The summed E-state index contributed by atoms with van der Waals surface area (Å²) in [6.45, 7) is 3.90. The van der Waals surface area contributed by atoms with Crippen molar-refractivity contribution < 1.29 is 0 Å². The Morgan fingerprint density at radius 1 is 1.64 bits per heavy atom. The lowest BCUT2D eigenvalue weighted by Crippen LogP contribution is -2.13. The van der Waals surface area contributed by atoms with E-state index in [1.54, 1.807) is 6.20 Å². The van der Waals surface area contributed by atoms with Crippen molar-refractivity contribution in [2.24, 2.45) is 11.7 Å². The van der Waals surface area contributed by atoms with E-state index in [1.165, 1.54) is 0 Å². The van der Waals surface area contributed by atoms with Crippen LogP contribution >= 0.6 is 0 Å². The first-order valence-electron chi connectivity index (χ1n) is 4.00. The molecule has 11 heavy (non-hydrogen) atoms. The number of rotatable bonds is 4. The van der Waals surface area contributed by atoms with Gasteiger partial charge in [-0.15, -0.1) is 0 Å². The van der Waals surface area contributed by atoms with Crippen molar-refractivity contribution in [3.63, 3.8) is 0 Å². The second-order valence-electron chi connectivity index (χ2n) is 2.90. The zero-order valence-electron chi connectivity index (χ0n) is 6.90. The molecule has 0 aliphatic heterocycles. The molecule has 0 fully saturated rings. The van der Waals surface area contributed by atoms with Gasteiger partial charge in [-0.25, -0.2) is 0 Å². The Balaban J connectivity index is 2.23. The van der Waals surface area contributed by atoms with Crippen LogP contribution in [0.4, 0.5) is 0 Å². The minimum atomic E-state index is 0.596. The third-order valence-corrected chi connectivity index (χ3v) is 1.81. The maximum atomic E-state index is 5.48. The first kappa shape index (κ1) is 8.27. The van der Waals surface area contributed by atoms with Gasteiger partial charge in [0.15, 0.2) is 0 Å². The van der Waals surface area contributed by atoms with Crippen LogP contribution in [0.25, 0.3) is 0 Å². The van der Waals surface area contributed by atoms with Gasteiger partial charge in [-0.3, -0.25) is 4.68 Å². The number of hydrogen-bond acceptors (Lipinski definition) is 2. The molecule has 0 bridgehead atoms. The van der Waals surface area contributed by atoms with Crippen LogP contribution in [0.2, 0.25) is 0 Å². The Hall–Kier alpha value is -0.830. The van der Waals surface area contributed by atoms with E-state index in [-0.39, 0.29) is 0 Å². The molecule has 0 amide bonds. The normalized spacial score (nSPS) is 13.3. The van der Waals surface area contributed by atoms with Gasteiger partial charge in [0.25, 0.3) is 0 Å². The van der Waals surface area contributed by atoms with Crippen LogP contribution in [0.15, 0.2) is 18.5 Å². The summed E-state index contributed by atoms with van der Waals surface area (Å²) >= 11 is 0. The lowest BCUT2D eigenvalue weighted by molar-refractivity contribution is 0.466. The molecule has 1 aromatic heterocycles. The molecule has 0 saturated carbocycles. The average Bonchev–Trinajstić information content (AvgIpc) is 2.52. The van der Waals surface area contributed by atoms with Gasteiger partial charge in [0, 0.05) is 18.9 Å².